The van der Waals surface area contributed by atoms with Crippen molar-refractivity contribution in [3.63, 3.8) is 0 Å². The SMILES string of the molecule is Cc1cc2c(N3CCCC3CCCN)nccn2n1. The summed E-state index contributed by atoms with van der Waals surface area (Å²) in [5.74, 6) is 1.07. The number of aryl methyl sites for hydroxylation is 1. The number of fused-ring (bicyclic) bond motifs is 1. The Bertz CT molecular complexity index is 562. The van der Waals surface area contributed by atoms with Crippen molar-refractivity contribution in [2.24, 2.45) is 5.73 Å². The summed E-state index contributed by atoms with van der Waals surface area (Å²) in [7, 11) is 0. The van der Waals surface area contributed by atoms with Crippen LogP contribution in [-0.2, 0) is 0 Å². The average molecular weight is 259 g/mol. The second-order valence-electron chi connectivity index (χ2n) is 5.29. The van der Waals surface area contributed by atoms with E-state index in [9.17, 15) is 0 Å². The number of hydrogen-bond acceptors (Lipinski definition) is 4. The largest absolute Gasteiger partial charge is 0.352 e. The Morgan fingerprint density at radius 1 is 1.47 bits per heavy atom. The van der Waals surface area contributed by atoms with Crippen molar-refractivity contribution in [1.82, 2.24) is 14.6 Å². The summed E-state index contributed by atoms with van der Waals surface area (Å²) in [6.45, 7) is 3.88. The van der Waals surface area contributed by atoms with Crippen LogP contribution in [0.1, 0.15) is 31.4 Å². The molecule has 3 heterocycles. The molecule has 1 saturated heterocycles. The number of nitrogens with zero attached hydrogens (tertiary/aromatic N) is 4. The number of anilines is 1. The van der Waals surface area contributed by atoms with Gasteiger partial charge in [0.1, 0.15) is 5.52 Å². The highest BCUT2D eigenvalue weighted by atomic mass is 15.3. The van der Waals surface area contributed by atoms with Crippen LogP contribution >= 0.6 is 0 Å². The molecule has 0 saturated carbocycles. The summed E-state index contributed by atoms with van der Waals surface area (Å²) < 4.78 is 1.93. The minimum absolute atomic E-state index is 0.581. The maximum atomic E-state index is 5.64. The molecule has 0 bridgehead atoms. The lowest BCUT2D eigenvalue weighted by atomic mass is 10.1. The fraction of sp³-hybridized carbons (Fsp3) is 0.571. The first kappa shape index (κ1) is 12.4. The lowest BCUT2D eigenvalue weighted by Crippen LogP contribution is -2.30. The second-order valence-corrected chi connectivity index (χ2v) is 5.29. The van der Waals surface area contributed by atoms with Crippen LogP contribution in [0.4, 0.5) is 5.82 Å². The van der Waals surface area contributed by atoms with Gasteiger partial charge in [-0.1, -0.05) is 0 Å². The molecule has 2 N–H and O–H groups in total. The van der Waals surface area contributed by atoms with E-state index in [-0.39, 0.29) is 0 Å². The van der Waals surface area contributed by atoms with Crippen molar-refractivity contribution in [1.29, 1.82) is 0 Å². The molecule has 0 radical (unpaired) electrons. The molecule has 1 atom stereocenters. The Labute approximate surface area is 113 Å². The summed E-state index contributed by atoms with van der Waals surface area (Å²) in [4.78, 5) is 7.03. The quantitative estimate of drug-likeness (QED) is 0.908. The predicted octanol–water partition coefficient (Wildman–Crippen LogP) is 1.75. The third kappa shape index (κ3) is 2.30. The maximum Gasteiger partial charge on any atom is 0.154 e. The Balaban J connectivity index is 1.94. The van der Waals surface area contributed by atoms with Crippen molar-refractivity contribution in [3.8, 4) is 0 Å². The molecule has 1 unspecified atom stereocenters. The van der Waals surface area contributed by atoms with E-state index in [4.69, 9.17) is 5.73 Å². The molecule has 1 aliphatic heterocycles. The van der Waals surface area contributed by atoms with Crippen LogP contribution < -0.4 is 10.6 Å². The molecule has 19 heavy (non-hydrogen) atoms. The van der Waals surface area contributed by atoms with Gasteiger partial charge in [-0.2, -0.15) is 5.10 Å². The van der Waals surface area contributed by atoms with Crippen LogP contribution in [0.25, 0.3) is 5.52 Å². The van der Waals surface area contributed by atoms with Crippen molar-refractivity contribution in [2.75, 3.05) is 18.0 Å². The number of aromatic nitrogens is 3. The second kappa shape index (κ2) is 5.17. The fourth-order valence-electron chi connectivity index (χ4n) is 3.02. The van der Waals surface area contributed by atoms with Crippen molar-refractivity contribution in [3.05, 3.63) is 24.2 Å². The lowest BCUT2D eigenvalue weighted by Gasteiger charge is -2.26. The van der Waals surface area contributed by atoms with Crippen LogP contribution in [-0.4, -0.2) is 33.7 Å². The molecule has 0 aliphatic carbocycles. The average Bonchev–Trinajstić information content (AvgIpc) is 3.00. The minimum Gasteiger partial charge on any atom is -0.352 e. The first-order valence-corrected chi connectivity index (χ1v) is 7.07. The Hall–Kier alpha value is -1.62. The Kier molecular flexibility index (Phi) is 3.38. The van der Waals surface area contributed by atoms with E-state index >= 15 is 0 Å². The first-order chi connectivity index (χ1) is 9.29. The molecule has 0 spiro atoms. The number of nitrogens with two attached hydrogens (primary N) is 1. The van der Waals surface area contributed by atoms with Gasteiger partial charge in [0.05, 0.1) is 5.69 Å². The molecule has 1 fully saturated rings. The number of hydrogen-bond donors (Lipinski definition) is 1. The zero-order valence-electron chi connectivity index (χ0n) is 11.4. The van der Waals surface area contributed by atoms with E-state index in [0.717, 1.165) is 43.0 Å². The van der Waals surface area contributed by atoms with E-state index in [1.54, 1.807) is 0 Å². The van der Waals surface area contributed by atoms with Gasteiger partial charge in [-0.3, -0.25) is 0 Å². The summed E-state index contributed by atoms with van der Waals surface area (Å²) >= 11 is 0. The van der Waals surface area contributed by atoms with Crippen LogP contribution in [0, 0.1) is 6.92 Å². The normalized spacial score (nSPS) is 19.5. The van der Waals surface area contributed by atoms with Crippen LogP contribution in [0.3, 0.4) is 0 Å². The summed E-state index contributed by atoms with van der Waals surface area (Å²) in [5, 5.41) is 4.46. The van der Waals surface area contributed by atoms with Gasteiger partial charge in [0.15, 0.2) is 5.82 Å². The van der Waals surface area contributed by atoms with Gasteiger partial charge in [0, 0.05) is 25.0 Å². The maximum absolute atomic E-state index is 5.64. The van der Waals surface area contributed by atoms with Gasteiger partial charge in [-0.15, -0.1) is 0 Å². The van der Waals surface area contributed by atoms with Crippen LogP contribution in [0.5, 0.6) is 0 Å². The van der Waals surface area contributed by atoms with Gasteiger partial charge in [-0.25, -0.2) is 9.50 Å². The van der Waals surface area contributed by atoms with Gasteiger partial charge < -0.3 is 10.6 Å². The topological polar surface area (TPSA) is 59.5 Å². The third-order valence-electron chi connectivity index (χ3n) is 3.88. The van der Waals surface area contributed by atoms with E-state index in [0.29, 0.717) is 6.04 Å². The first-order valence-electron chi connectivity index (χ1n) is 7.07. The molecule has 2 aromatic heterocycles. The van der Waals surface area contributed by atoms with Crippen molar-refractivity contribution in [2.45, 2.75) is 38.6 Å². The standard InChI is InChI=1S/C14H21N5/c1-11-10-13-14(16-7-9-19(13)17-11)18-8-3-5-12(18)4-2-6-15/h7,9-10,12H,2-6,8,15H2,1H3. The molecular weight excluding hydrogens is 238 g/mol. The Morgan fingerprint density at radius 2 is 2.37 bits per heavy atom. The lowest BCUT2D eigenvalue weighted by molar-refractivity contribution is 0.582. The van der Waals surface area contributed by atoms with Gasteiger partial charge in [-0.05, 0) is 45.2 Å². The zero-order chi connectivity index (χ0) is 13.2. The molecular formula is C14H21N5. The Morgan fingerprint density at radius 3 is 3.21 bits per heavy atom. The summed E-state index contributed by atoms with van der Waals surface area (Å²) in [5.41, 5.74) is 7.78. The third-order valence-corrected chi connectivity index (χ3v) is 3.88. The van der Waals surface area contributed by atoms with Gasteiger partial charge in [0.2, 0.25) is 0 Å². The van der Waals surface area contributed by atoms with Crippen LogP contribution in [0.15, 0.2) is 18.5 Å². The number of rotatable bonds is 4. The predicted molar refractivity (Wildman–Crippen MR) is 76.4 cm³/mol. The van der Waals surface area contributed by atoms with E-state index in [1.807, 2.05) is 23.8 Å². The van der Waals surface area contributed by atoms with E-state index in [1.165, 1.54) is 12.8 Å². The van der Waals surface area contributed by atoms with E-state index < -0.39 is 0 Å². The zero-order valence-corrected chi connectivity index (χ0v) is 11.4. The molecule has 2 aromatic rings. The highest BCUT2D eigenvalue weighted by Gasteiger charge is 2.26. The monoisotopic (exact) mass is 259 g/mol. The molecule has 0 aromatic carbocycles. The van der Waals surface area contributed by atoms with Crippen molar-refractivity contribution < 1.29 is 0 Å². The van der Waals surface area contributed by atoms with Gasteiger partial charge >= 0.3 is 0 Å². The minimum atomic E-state index is 0.581. The van der Waals surface area contributed by atoms with Crippen LogP contribution in [0.2, 0.25) is 0 Å². The fourth-order valence-corrected chi connectivity index (χ4v) is 3.02. The smallest absolute Gasteiger partial charge is 0.154 e. The molecule has 102 valence electrons. The highest BCUT2D eigenvalue weighted by molar-refractivity contribution is 5.69. The molecule has 3 rings (SSSR count). The van der Waals surface area contributed by atoms with Gasteiger partial charge in [0.25, 0.3) is 0 Å². The van der Waals surface area contributed by atoms with Crippen molar-refractivity contribution >= 4 is 11.3 Å². The highest BCUT2D eigenvalue weighted by Crippen LogP contribution is 2.29. The molecule has 0 amide bonds. The molecule has 5 nitrogen and oxygen atoms in total. The molecule has 1 aliphatic rings. The van der Waals surface area contributed by atoms with E-state index in [2.05, 4.69) is 21.0 Å². The molecule has 5 heteroatoms. The summed E-state index contributed by atoms with van der Waals surface area (Å²) in [6.07, 6.45) is 8.49. The summed E-state index contributed by atoms with van der Waals surface area (Å²) in [6, 6.07) is 2.69.